The SMILES string of the molecule is Cn1nc(-c2nc(C3CCOCC3)no2)c2c1CN(S(=O)(=O)c1ccccc1)C2. The molecule has 5 rings (SSSR count). The van der Waals surface area contributed by atoms with Gasteiger partial charge >= 0.3 is 0 Å². The molecule has 9 nitrogen and oxygen atoms in total. The molecule has 10 heteroatoms. The molecular weight excluding hydrogens is 394 g/mol. The number of aryl methyl sites for hydroxylation is 1. The van der Waals surface area contributed by atoms with Gasteiger partial charge in [0.25, 0.3) is 5.89 Å². The Morgan fingerprint density at radius 3 is 2.62 bits per heavy atom. The highest BCUT2D eigenvalue weighted by Gasteiger charge is 2.36. The fraction of sp³-hybridized carbons (Fsp3) is 0.421. The third kappa shape index (κ3) is 3.17. The lowest BCUT2D eigenvalue weighted by atomic mass is 10.00. The van der Waals surface area contributed by atoms with Crippen LogP contribution >= 0.6 is 0 Å². The Morgan fingerprint density at radius 1 is 1.10 bits per heavy atom. The molecule has 1 aromatic carbocycles. The molecule has 0 atom stereocenters. The zero-order chi connectivity index (χ0) is 20.0. The minimum Gasteiger partial charge on any atom is -0.381 e. The quantitative estimate of drug-likeness (QED) is 0.642. The summed E-state index contributed by atoms with van der Waals surface area (Å²) < 4.78 is 40.1. The fourth-order valence-corrected chi connectivity index (χ4v) is 5.29. The van der Waals surface area contributed by atoms with Crippen LogP contribution < -0.4 is 0 Å². The summed E-state index contributed by atoms with van der Waals surface area (Å²) >= 11 is 0. The maximum absolute atomic E-state index is 13.0. The summed E-state index contributed by atoms with van der Waals surface area (Å²) in [5.74, 6) is 1.21. The van der Waals surface area contributed by atoms with Gasteiger partial charge in [0, 0.05) is 38.3 Å². The number of benzene rings is 1. The van der Waals surface area contributed by atoms with E-state index in [2.05, 4.69) is 15.2 Å². The van der Waals surface area contributed by atoms with E-state index in [-0.39, 0.29) is 23.9 Å². The van der Waals surface area contributed by atoms with Crippen LogP contribution in [0.25, 0.3) is 11.6 Å². The van der Waals surface area contributed by atoms with E-state index in [0.29, 0.717) is 30.6 Å². The topological polar surface area (TPSA) is 103 Å². The third-order valence-corrected chi connectivity index (χ3v) is 7.35. The molecule has 4 heterocycles. The molecule has 29 heavy (non-hydrogen) atoms. The molecule has 1 fully saturated rings. The second-order valence-corrected chi connectivity index (χ2v) is 9.27. The van der Waals surface area contributed by atoms with Crippen LogP contribution in [-0.4, -0.2) is 45.9 Å². The molecular formula is C19H21N5O4S. The Bertz CT molecular complexity index is 1130. The Balaban J connectivity index is 1.44. The predicted molar refractivity (Wildman–Crippen MR) is 102 cm³/mol. The molecule has 0 unspecified atom stereocenters. The van der Waals surface area contributed by atoms with Gasteiger partial charge in [-0.05, 0) is 25.0 Å². The van der Waals surface area contributed by atoms with Crippen molar-refractivity contribution in [2.75, 3.05) is 13.2 Å². The maximum Gasteiger partial charge on any atom is 0.278 e. The maximum atomic E-state index is 13.0. The molecule has 0 spiro atoms. The highest BCUT2D eigenvalue weighted by Crippen LogP contribution is 2.35. The van der Waals surface area contributed by atoms with Gasteiger partial charge in [0.15, 0.2) is 11.5 Å². The molecule has 2 aromatic heterocycles. The van der Waals surface area contributed by atoms with Gasteiger partial charge in [0.05, 0.1) is 17.1 Å². The Morgan fingerprint density at radius 2 is 1.86 bits per heavy atom. The van der Waals surface area contributed by atoms with Crippen LogP contribution in [0.2, 0.25) is 0 Å². The summed E-state index contributed by atoms with van der Waals surface area (Å²) in [5.41, 5.74) is 2.21. The second-order valence-electron chi connectivity index (χ2n) is 7.33. The molecule has 0 radical (unpaired) electrons. The van der Waals surface area contributed by atoms with Crippen LogP contribution in [0.4, 0.5) is 0 Å². The van der Waals surface area contributed by atoms with Crippen molar-refractivity contribution in [1.29, 1.82) is 0 Å². The Hall–Kier alpha value is -2.56. The van der Waals surface area contributed by atoms with Crippen LogP contribution in [0.15, 0.2) is 39.8 Å². The zero-order valence-electron chi connectivity index (χ0n) is 16.0. The van der Waals surface area contributed by atoms with Crippen molar-refractivity contribution in [3.05, 3.63) is 47.4 Å². The molecule has 0 aliphatic carbocycles. The summed E-state index contributed by atoms with van der Waals surface area (Å²) in [5, 5.41) is 8.67. The standard InChI is InChI=1S/C19H21N5O4S/c1-23-16-12-24(29(25,26)14-5-3-2-4-6-14)11-15(16)17(21-23)19-20-18(22-28-19)13-7-9-27-10-8-13/h2-6,13H,7-12H2,1H3. The van der Waals surface area contributed by atoms with Crippen molar-refractivity contribution < 1.29 is 17.7 Å². The number of nitrogens with zero attached hydrogens (tertiary/aromatic N) is 5. The van der Waals surface area contributed by atoms with Gasteiger partial charge < -0.3 is 9.26 Å². The molecule has 0 saturated carbocycles. The van der Waals surface area contributed by atoms with Crippen molar-refractivity contribution in [1.82, 2.24) is 24.2 Å². The summed E-state index contributed by atoms with van der Waals surface area (Å²) in [6.45, 7) is 1.88. The monoisotopic (exact) mass is 415 g/mol. The number of rotatable bonds is 4. The minimum absolute atomic E-state index is 0.216. The van der Waals surface area contributed by atoms with E-state index in [1.165, 1.54) is 4.31 Å². The Labute approximate surface area is 168 Å². The number of hydrogen-bond donors (Lipinski definition) is 0. The van der Waals surface area contributed by atoms with Crippen LogP contribution in [0, 0.1) is 0 Å². The molecule has 3 aromatic rings. The number of aromatic nitrogens is 4. The first-order chi connectivity index (χ1) is 14.0. The minimum atomic E-state index is -3.59. The first-order valence-corrected chi connectivity index (χ1v) is 11.0. The van der Waals surface area contributed by atoms with E-state index in [1.54, 1.807) is 42.1 Å². The smallest absolute Gasteiger partial charge is 0.278 e. The average molecular weight is 415 g/mol. The molecule has 152 valence electrons. The van der Waals surface area contributed by atoms with Gasteiger partial charge in [0.1, 0.15) is 0 Å². The van der Waals surface area contributed by atoms with Gasteiger partial charge in [-0.15, -0.1) is 0 Å². The molecule has 0 bridgehead atoms. The van der Waals surface area contributed by atoms with E-state index < -0.39 is 10.0 Å². The number of ether oxygens (including phenoxy) is 1. The van der Waals surface area contributed by atoms with E-state index in [4.69, 9.17) is 9.26 Å². The number of hydrogen-bond acceptors (Lipinski definition) is 7. The van der Waals surface area contributed by atoms with Crippen molar-refractivity contribution in [2.45, 2.75) is 36.7 Å². The lowest BCUT2D eigenvalue weighted by molar-refractivity contribution is 0.0830. The highest BCUT2D eigenvalue weighted by molar-refractivity contribution is 7.89. The van der Waals surface area contributed by atoms with Crippen LogP contribution in [-0.2, 0) is 34.9 Å². The first-order valence-electron chi connectivity index (χ1n) is 9.55. The van der Waals surface area contributed by atoms with Crippen molar-refractivity contribution in [3.8, 4) is 11.6 Å². The zero-order valence-corrected chi connectivity index (χ0v) is 16.8. The molecule has 0 N–H and O–H groups in total. The average Bonchev–Trinajstić information content (AvgIpc) is 3.46. The van der Waals surface area contributed by atoms with Crippen molar-refractivity contribution in [2.24, 2.45) is 7.05 Å². The van der Waals surface area contributed by atoms with Gasteiger partial charge in [0.2, 0.25) is 10.0 Å². The number of sulfonamides is 1. The van der Waals surface area contributed by atoms with E-state index >= 15 is 0 Å². The summed E-state index contributed by atoms with van der Waals surface area (Å²) in [6, 6.07) is 8.45. The van der Waals surface area contributed by atoms with Gasteiger partial charge in [-0.3, -0.25) is 4.68 Å². The Kier molecular flexibility index (Phi) is 4.49. The van der Waals surface area contributed by atoms with E-state index in [0.717, 1.165) is 24.1 Å². The molecule has 2 aliphatic heterocycles. The van der Waals surface area contributed by atoms with Gasteiger partial charge in [-0.2, -0.15) is 14.4 Å². The summed E-state index contributed by atoms with van der Waals surface area (Å²) in [4.78, 5) is 4.84. The van der Waals surface area contributed by atoms with Crippen LogP contribution in [0.1, 0.15) is 35.8 Å². The van der Waals surface area contributed by atoms with Crippen LogP contribution in [0.3, 0.4) is 0 Å². The van der Waals surface area contributed by atoms with Gasteiger partial charge in [-0.25, -0.2) is 8.42 Å². The van der Waals surface area contributed by atoms with E-state index in [9.17, 15) is 8.42 Å². The molecule has 2 aliphatic rings. The highest BCUT2D eigenvalue weighted by atomic mass is 32.2. The first kappa shape index (κ1) is 18.5. The van der Waals surface area contributed by atoms with E-state index in [1.807, 2.05) is 0 Å². The van der Waals surface area contributed by atoms with Gasteiger partial charge in [-0.1, -0.05) is 23.4 Å². The summed E-state index contributed by atoms with van der Waals surface area (Å²) in [6.07, 6.45) is 1.73. The lowest BCUT2D eigenvalue weighted by Crippen LogP contribution is -2.26. The summed E-state index contributed by atoms with van der Waals surface area (Å²) in [7, 11) is -1.79. The predicted octanol–water partition coefficient (Wildman–Crippen LogP) is 2.07. The van der Waals surface area contributed by atoms with Crippen molar-refractivity contribution >= 4 is 10.0 Å². The lowest BCUT2D eigenvalue weighted by Gasteiger charge is -2.18. The fourth-order valence-electron chi connectivity index (χ4n) is 3.90. The van der Waals surface area contributed by atoms with Crippen molar-refractivity contribution in [3.63, 3.8) is 0 Å². The largest absolute Gasteiger partial charge is 0.381 e. The van der Waals surface area contributed by atoms with Crippen LogP contribution in [0.5, 0.6) is 0 Å². The molecule has 0 amide bonds. The normalized spacial score (nSPS) is 18.2. The second kappa shape index (κ2) is 7.05. The number of fused-ring (bicyclic) bond motifs is 1. The molecule has 1 saturated heterocycles. The third-order valence-electron chi connectivity index (χ3n) is 5.55.